The number of rotatable bonds is 3. The first-order valence-corrected chi connectivity index (χ1v) is 12.8. The Bertz CT molecular complexity index is 1110. The van der Waals surface area contributed by atoms with Crippen LogP contribution in [-0.4, -0.2) is 46.5 Å². The molecule has 2 aromatic rings. The van der Waals surface area contributed by atoms with Gasteiger partial charge in [-0.2, -0.15) is 4.31 Å². The molecular weight excluding hydrogens is 414 g/mol. The van der Waals surface area contributed by atoms with Crippen LogP contribution in [0.25, 0.3) is 0 Å². The van der Waals surface area contributed by atoms with E-state index in [2.05, 4.69) is 14.8 Å². The van der Waals surface area contributed by atoms with E-state index in [0.29, 0.717) is 18.0 Å². The summed E-state index contributed by atoms with van der Waals surface area (Å²) in [6.45, 7) is 3.59. The Morgan fingerprint density at radius 2 is 1.87 bits per heavy atom. The largest absolute Gasteiger partial charge is 0.314 e. The van der Waals surface area contributed by atoms with Gasteiger partial charge in [0.05, 0.1) is 10.9 Å². The van der Waals surface area contributed by atoms with Crippen LogP contribution in [0.1, 0.15) is 68.7 Å². The molecular formula is C22H29N5O3S. The van der Waals surface area contributed by atoms with Crippen LogP contribution >= 0.6 is 0 Å². The highest BCUT2D eigenvalue weighted by Crippen LogP contribution is 2.38. The zero-order valence-corrected chi connectivity index (χ0v) is 18.8. The van der Waals surface area contributed by atoms with Crippen molar-refractivity contribution in [2.45, 2.75) is 75.8 Å². The van der Waals surface area contributed by atoms with Gasteiger partial charge < -0.3 is 9.47 Å². The summed E-state index contributed by atoms with van der Waals surface area (Å²) in [6, 6.07) is 4.93. The zero-order valence-electron chi connectivity index (χ0n) is 18.0. The molecule has 0 spiro atoms. The van der Waals surface area contributed by atoms with Crippen molar-refractivity contribution in [3.05, 3.63) is 35.4 Å². The molecule has 9 heteroatoms. The van der Waals surface area contributed by atoms with Crippen LogP contribution in [-0.2, 0) is 34.2 Å². The van der Waals surface area contributed by atoms with Crippen LogP contribution in [0.15, 0.2) is 23.1 Å². The van der Waals surface area contributed by atoms with Crippen LogP contribution in [0.2, 0.25) is 0 Å². The second-order valence-electron chi connectivity index (χ2n) is 8.78. The van der Waals surface area contributed by atoms with Gasteiger partial charge in [-0.3, -0.25) is 4.79 Å². The Hall–Kier alpha value is -2.26. The van der Waals surface area contributed by atoms with Gasteiger partial charge in [-0.15, -0.1) is 10.2 Å². The van der Waals surface area contributed by atoms with E-state index >= 15 is 0 Å². The van der Waals surface area contributed by atoms with Crippen molar-refractivity contribution in [2.24, 2.45) is 0 Å². The van der Waals surface area contributed by atoms with Gasteiger partial charge in [0, 0.05) is 38.7 Å². The lowest BCUT2D eigenvalue weighted by molar-refractivity contribution is -0.116. The average molecular weight is 444 g/mol. The van der Waals surface area contributed by atoms with Crippen LogP contribution < -0.4 is 4.90 Å². The topological polar surface area (TPSA) is 88.4 Å². The highest BCUT2D eigenvalue weighted by atomic mass is 32.2. The Labute approximate surface area is 183 Å². The van der Waals surface area contributed by atoms with Gasteiger partial charge in [0.1, 0.15) is 5.82 Å². The lowest BCUT2D eigenvalue weighted by atomic mass is 10.0. The van der Waals surface area contributed by atoms with Crippen LogP contribution in [0, 0.1) is 0 Å². The van der Waals surface area contributed by atoms with E-state index in [9.17, 15) is 13.2 Å². The second kappa shape index (κ2) is 8.02. The fourth-order valence-electron chi connectivity index (χ4n) is 5.24. The molecule has 1 aromatic heterocycles. The number of aryl methyl sites for hydroxylation is 2. The molecule has 3 aliphatic heterocycles. The van der Waals surface area contributed by atoms with E-state index in [4.69, 9.17) is 0 Å². The number of amides is 1. The Balaban J connectivity index is 1.48. The third-order valence-corrected chi connectivity index (χ3v) is 8.70. The molecule has 1 aromatic carbocycles. The number of hydrogen-bond donors (Lipinski definition) is 0. The molecule has 1 amide bonds. The fourth-order valence-corrected chi connectivity index (χ4v) is 6.94. The van der Waals surface area contributed by atoms with Gasteiger partial charge in [-0.25, -0.2) is 8.42 Å². The van der Waals surface area contributed by atoms with Crippen molar-refractivity contribution in [2.75, 3.05) is 18.0 Å². The lowest BCUT2D eigenvalue weighted by Gasteiger charge is -2.29. The third kappa shape index (κ3) is 3.57. The van der Waals surface area contributed by atoms with Crippen LogP contribution in [0.4, 0.5) is 5.69 Å². The Morgan fingerprint density at radius 3 is 2.71 bits per heavy atom. The van der Waals surface area contributed by atoms with E-state index in [-0.39, 0.29) is 11.9 Å². The molecule has 5 rings (SSSR count). The molecule has 0 bridgehead atoms. The first kappa shape index (κ1) is 20.6. The summed E-state index contributed by atoms with van der Waals surface area (Å²) in [7, 11) is -3.67. The molecule has 3 aliphatic rings. The van der Waals surface area contributed by atoms with Crippen molar-refractivity contribution >= 4 is 21.6 Å². The lowest BCUT2D eigenvalue weighted by Crippen LogP contribution is -2.34. The molecule has 1 saturated heterocycles. The van der Waals surface area contributed by atoms with Gasteiger partial charge in [0.2, 0.25) is 15.9 Å². The third-order valence-electron chi connectivity index (χ3n) is 6.80. The predicted octanol–water partition coefficient (Wildman–Crippen LogP) is 2.83. The normalized spacial score (nSPS) is 22.1. The minimum Gasteiger partial charge on any atom is -0.314 e. The highest BCUT2D eigenvalue weighted by Gasteiger charge is 2.39. The number of benzene rings is 1. The highest BCUT2D eigenvalue weighted by molar-refractivity contribution is 7.89. The van der Waals surface area contributed by atoms with Crippen molar-refractivity contribution in [1.29, 1.82) is 0 Å². The molecule has 1 unspecified atom stereocenters. The van der Waals surface area contributed by atoms with E-state index in [1.165, 1.54) is 6.42 Å². The SMILES string of the molecule is CC(=O)N1CCCc2cc(S(=O)(=O)N3CCCC3c3nnc4n3CCCCC4)ccc21. The zero-order chi connectivity index (χ0) is 21.6. The Kier molecular flexibility index (Phi) is 5.34. The van der Waals surface area contributed by atoms with Crippen molar-refractivity contribution in [3.63, 3.8) is 0 Å². The molecule has 31 heavy (non-hydrogen) atoms. The minimum absolute atomic E-state index is 0.0105. The van der Waals surface area contributed by atoms with Gasteiger partial charge in [-0.1, -0.05) is 6.42 Å². The van der Waals surface area contributed by atoms with Crippen molar-refractivity contribution in [3.8, 4) is 0 Å². The average Bonchev–Trinajstić information content (AvgIpc) is 3.34. The molecule has 0 aliphatic carbocycles. The Morgan fingerprint density at radius 1 is 1.00 bits per heavy atom. The number of nitrogens with zero attached hydrogens (tertiary/aromatic N) is 5. The van der Waals surface area contributed by atoms with Gasteiger partial charge in [0.25, 0.3) is 0 Å². The van der Waals surface area contributed by atoms with Gasteiger partial charge in [0.15, 0.2) is 5.82 Å². The van der Waals surface area contributed by atoms with Crippen molar-refractivity contribution < 1.29 is 13.2 Å². The van der Waals surface area contributed by atoms with E-state index < -0.39 is 10.0 Å². The fraction of sp³-hybridized carbons (Fsp3) is 0.591. The maximum atomic E-state index is 13.7. The summed E-state index contributed by atoms with van der Waals surface area (Å²) in [4.78, 5) is 14.0. The quantitative estimate of drug-likeness (QED) is 0.728. The van der Waals surface area contributed by atoms with Gasteiger partial charge in [-0.05, 0) is 62.3 Å². The molecule has 166 valence electrons. The molecule has 8 nitrogen and oxygen atoms in total. The first-order valence-electron chi connectivity index (χ1n) is 11.3. The predicted molar refractivity (Wildman–Crippen MR) is 116 cm³/mol. The smallest absolute Gasteiger partial charge is 0.243 e. The number of carbonyl (C=O) groups excluding carboxylic acids is 1. The summed E-state index contributed by atoms with van der Waals surface area (Å²) >= 11 is 0. The molecule has 0 saturated carbocycles. The van der Waals surface area contributed by atoms with E-state index in [1.807, 2.05) is 0 Å². The summed E-state index contributed by atoms with van der Waals surface area (Å²) in [5, 5.41) is 8.83. The summed E-state index contributed by atoms with van der Waals surface area (Å²) in [5.74, 6) is 1.76. The van der Waals surface area contributed by atoms with Crippen LogP contribution in [0.5, 0.6) is 0 Å². The molecule has 4 heterocycles. The maximum absolute atomic E-state index is 13.7. The molecule has 1 fully saturated rings. The number of sulfonamides is 1. The molecule has 0 N–H and O–H groups in total. The van der Waals surface area contributed by atoms with Crippen LogP contribution in [0.3, 0.4) is 0 Å². The van der Waals surface area contributed by atoms with E-state index in [0.717, 1.165) is 74.4 Å². The minimum atomic E-state index is -3.67. The van der Waals surface area contributed by atoms with Crippen molar-refractivity contribution in [1.82, 2.24) is 19.1 Å². The van der Waals surface area contributed by atoms with Gasteiger partial charge >= 0.3 is 0 Å². The summed E-state index contributed by atoms with van der Waals surface area (Å²) in [6.07, 6.45) is 7.46. The monoisotopic (exact) mass is 443 g/mol. The number of aromatic nitrogens is 3. The second-order valence-corrected chi connectivity index (χ2v) is 10.7. The molecule has 0 radical (unpaired) electrons. The maximum Gasteiger partial charge on any atom is 0.243 e. The number of carbonyl (C=O) groups is 1. The summed E-state index contributed by atoms with van der Waals surface area (Å²) in [5.41, 5.74) is 1.76. The standard InChI is InChI=1S/C22H29N5O3S/c1-16(28)25-13-5-7-17-15-18(10-11-19(17)25)31(29,30)27-14-6-8-20(27)22-24-23-21-9-3-2-4-12-26(21)22/h10-11,15,20H,2-9,12-14H2,1H3. The first-order chi connectivity index (χ1) is 15.0. The molecule has 1 atom stereocenters. The number of anilines is 1. The number of hydrogen-bond acceptors (Lipinski definition) is 5. The number of fused-ring (bicyclic) bond motifs is 2. The van der Waals surface area contributed by atoms with E-state index in [1.54, 1.807) is 34.3 Å². The summed E-state index contributed by atoms with van der Waals surface area (Å²) < 4.78 is 31.1.